The lowest BCUT2D eigenvalue weighted by molar-refractivity contribution is -0.122. The third kappa shape index (κ3) is 2.96. The molecular formula is C16H19N5O2. The Balaban J connectivity index is 1.45. The summed E-state index contributed by atoms with van der Waals surface area (Å²) >= 11 is 0. The van der Waals surface area contributed by atoms with Gasteiger partial charge in [-0.2, -0.15) is 4.98 Å². The number of likely N-dealkylation sites (N-methyl/N-ethyl adjacent to an activating group) is 1. The number of pyridine rings is 1. The van der Waals surface area contributed by atoms with Crippen LogP contribution in [0.4, 0.5) is 0 Å². The summed E-state index contributed by atoms with van der Waals surface area (Å²) in [5.74, 6) is 1.59. The average molecular weight is 313 g/mol. The van der Waals surface area contributed by atoms with Crippen molar-refractivity contribution in [1.29, 1.82) is 0 Å². The first-order valence-electron chi connectivity index (χ1n) is 7.95. The van der Waals surface area contributed by atoms with Gasteiger partial charge in [0.15, 0.2) is 0 Å². The summed E-state index contributed by atoms with van der Waals surface area (Å²) in [6.07, 6.45) is 6.26. The highest BCUT2D eigenvalue weighted by molar-refractivity contribution is 5.81. The van der Waals surface area contributed by atoms with E-state index in [4.69, 9.17) is 4.52 Å². The van der Waals surface area contributed by atoms with Crippen LogP contribution >= 0.6 is 0 Å². The Morgan fingerprint density at radius 2 is 2.13 bits per heavy atom. The number of amides is 1. The van der Waals surface area contributed by atoms with Gasteiger partial charge in [-0.1, -0.05) is 5.16 Å². The van der Waals surface area contributed by atoms with E-state index in [1.54, 1.807) is 12.4 Å². The largest absolute Gasteiger partial charge is 0.352 e. The van der Waals surface area contributed by atoms with Crippen molar-refractivity contribution in [3.63, 3.8) is 0 Å². The maximum Gasteiger partial charge on any atom is 0.244 e. The standard InChI is InChI=1S/C16H19N5O2/c1-21-9-12(18-15(22)11-2-3-11)8-13(21)16-19-14(20-23-16)10-4-6-17-7-5-10/h4-7,11-13H,2-3,8-9H2,1H3,(H,18,22)/t12-,13-/m0/s1. The Labute approximate surface area is 134 Å². The molecule has 1 saturated heterocycles. The van der Waals surface area contributed by atoms with E-state index < -0.39 is 0 Å². The Hall–Kier alpha value is -2.28. The molecule has 0 aromatic carbocycles. The SMILES string of the molecule is CN1C[C@@H](NC(=O)C2CC2)C[C@H]1c1nc(-c2ccncc2)no1. The Kier molecular flexibility index (Phi) is 3.57. The number of likely N-dealkylation sites (tertiary alicyclic amines) is 1. The third-order valence-electron chi connectivity index (χ3n) is 4.51. The number of carbonyl (C=O) groups excluding carboxylic acids is 1. The molecule has 0 bridgehead atoms. The summed E-state index contributed by atoms with van der Waals surface area (Å²) in [6, 6.07) is 3.90. The lowest BCUT2D eigenvalue weighted by Gasteiger charge is -2.14. The Bertz CT molecular complexity index is 698. The van der Waals surface area contributed by atoms with Crippen LogP contribution in [0, 0.1) is 5.92 Å². The smallest absolute Gasteiger partial charge is 0.244 e. The minimum atomic E-state index is 0.0441. The van der Waals surface area contributed by atoms with Gasteiger partial charge in [0.1, 0.15) is 0 Å². The van der Waals surface area contributed by atoms with Crippen LogP contribution in [0.15, 0.2) is 29.0 Å². The molecule has 4 rings (SSSR count). The zero-order valence-corrected chi connectivity index (χ0v) is 13.0. The van der Waals surface area contributed by atoms with Crippen molar-refractivity contribution in [1.82, 2.24) is 25.3 Å². The molecule has 2 fully saturated rings. The number of aromatic nitrogens is 3. The molecule has 2 aliphatic rings. The molecule has 1 aliphatic carbocycles. The number of nitrogens with zero attached hydrogens (tertiary/aromatic N) is 4. The number of hydrogen-bond acceptors (Lipinski definition) is 6. The third-order valence-corrected chi connectivity index (χ3v) is 4.51. The van der Waals surface area contributed by atoms with Crippen LogP contribution < -0.4 is 5.32 Å². The van der Waals surface area contributed by atoms with Crippen molar-refractivity contribution >= 4 is 5.91 Å². The number of hydrogen-bond donors (Lipinski definition) is 1. The van der Waals surface area contributed by atoms with E-state index >= 15 is 0 Å². The van der Waals surface area contributed by atoms with E-state index in [0.717, 1.165) is 31.4 Å². The van der Waals surface area contributed by atoms with Gasteiger partial charge < -0.3 is 9.84 Å². The minimum absolute atomic E-state index is 0.0441. The van der Waals surface area contributed by atoms with Crippen LogP contribution in [0.25, 0.3) is 11.4 Å². The zero-order chi connectivity index (χ0) is 15.8. The molecule has 23 heavy (non-hydrogen) atoms. The second-order valence-electron chi connectivity index (χ2n) is 6.36. The summed E-state index contributed by atoms with van der Waals surface area (Å²) in [5, 5.41) is 7.19. The fourth-order valence-corrected chi connectivity index (χ4v) is 3.05. The van der Waals surface area contributed by atoms with Crippen molar-refractivity contribution < 1.29 is 9.32 Å². The monoisotopic (exact) mass is 313 g/mol. The quantitative estimate of drug-likeness (QED) is 0.918. The summed E-state index contributed by atoms with van der Waals surface area (Å²) in [4.78, 5) is 22.6. The maximum absolute atomic E-state index is 11.9. The topological polar surface area (TPSA) is 84.2 Å². The van der Waals surface area contributed by atoms with Crippen LogP contribution in [0.1, 0.15) is 31.2 Å². The average Bonchev–Trinajstić information content (AvgIpc) is 3.20. The molecular weight excluding hydrogens is 294 g/mol. The van der Waals surface area contributed by atoms with Gasteiger partial charge in [0.05, 0.1) is 6.04 Å². The fraction of sp³-hybridized carbons (Fsp3) is 0.500. The molecule has 0 spiro atoms. The van der Waals surface area contributed by atoms with Gasteiger partial charge >= 0.3 is 0 Å². The van der Waals surface area contributed by atoms with Gasteiger partial charge in [0.25, 0.3) is 0 Å². The highest BCUT2D eigenvalue weighted by Gasteiger charge is 2.37. The van der Waals surface area contributed by atoms with Crippen LogP contribution in [0.2, 0.25) is 0 Å². The summed E-state index contributed by atoms with van der Waals surface area (Å²) in [7, 11) is 2.02. The van der Waals surface area contributed by atoms with Crippen molar-refractivity contribution in [2.75, 3.05) is 13.6 Å². The van der Waals surface area contributed by atoms with Gasteiger partial charge in [-0.25, -0.2) is 0 Å². The normalized spacial score (nSPS) is 24.7. The number of carbonyl (C=O) groups is 1. The first-order chi connectivity index (χ1) is 11.2. The number of nitrogens with one attached hydrogen (secondary N) is 1. The highest BCUT2D eigenvalue weighted by atomic mass is 16.5. The second kappa shape index (κ2) is 5.73. The maximum atomic E-state index is 11.9. The van der Waals surface area contributed by atoms with Crippen LogP contribution in [0.5, 0.6) is 0 Å². The fourth-order valence-electron chi connectivity index (χ4n) is 3.05. The summed E-state index contributed by atoms with van der Waals surface area (Å²) < 4.78 is 5.45. The number of rotatable bonds is 4. The highest BCUT2D eigenvalue weighted by Crippen LogP contribution is 2.33. The minimum Gasteiger partial charge on any atom is -0.352 e. The zero-order valence-electron chi connectivity index (χ0n) is 13.0. The van der Waals surface area contributed by atoms with E-state index in [2.05, 4.69) is 25.3 Å². The van der Waals surface area contributed by atoms with E-state index in [0.29, 0.717) is 11.7 Å². The first kappa shape index (κ1) is 14.3. The van der Waals surface area contributed by atoms with Gasteiger partial charge in [-0.15, -0.1) is 0 Å². The molecule has 0 radical (unpaired) electrons. The molecule has 3 heterocycles. The molecule has 2 aromatic rings. The lowest BCUT2D eigenvalue weighted by atomic mass is 10.1. The van der Waals surface area contributed by atoms with Gasteiger partial charge in [0.2, 0.25) is 17.6 Å². The molecule has 2 atom stereocenters. The van der Waals surface area contributed by atoms with Crippen LogP contribution in [-0.4, -0.2) is 45.6 Å². The van der Waals surface area contributed by atoms with Crippen molar-refractivity contribution in [3.05, 3.63) is 30.4 Å². The van der Waals surface area contributed by atoms with Gasteiger partial charge in [0, 0.05) is 36.5 Å². The molecule has 1 amide bonds. The Morgan fingerprint density at radius 1 is 1.35 bits per heavy atom. The van der Waals surface area contributed by atoms with Crippen molar-refractivity contribution in [2.45, 2.75) is 31.3 Å². The molecule has 1 aliphatic heterocycles. The van der Waals surface area contributed by atoms with Gasteiger partial charge in [-0.05, 0) is 38.4 Å². The van der Waals surface area contributed by atoms with Crippen molar-refractivity contribution in [2.24, 2.45) is 5.92 Å². The van der Waals surface area contributed by atoms with Crippen LogP contribution in [0.3, 0.4) is 0 Å². The molecule has 7 heteroatoms. The summed E-state index contributed by atoms with van der Waals surface area (Å²) in [6.45, 7) is 0.802. The Morgan fingerprint density at radius 3 is 2.87 bits per heavy atom. The molecule has 1 saturated carbocycles. The van der Waals surface area contributed by atoms with Gasteiger partial charge in [-0.3, -0.25) is 14.7 Å². The predicted octanol–water partition coefficient (Wildman–Crippen LogP) is 1.40. The molecule has 120 valence electrons. The van der Waals surface area contributed by atoms with Crippen molar-refractivity contribution in [3.8, 4) is 11.4 Å². The molecule has 0 unspecified atom stereocenters. The predicted molar refractivity (Wildman–Crippen MR) is 82.2 cm³/mol. The second-order valence-corrected chi connectivity index (χ2v) is 6.36. The lowest BCUT2D eigenvalue weighted by Crippen LogP contribution is -2.37. The first-order valence-corrected chi connectivity index (χ1v) is 7.95. The molecule has 2 aromatic heterocycles. The van der Waals surface area contributed by atoms with E-state index in [9.17, 15) is 4.79 Å². The summed E-state index contributed by atoms with van der Waals surface area (Å²) in [5.41, 5.74) is 0.884. The molecule has 7 nitrogen and oxygen atoms in total. The molecule has 1 N–H and O–H groups in total. The van der Waals surface area contributed by atoms with Crippen LogP contribution in [-0.2, 0) is 4.79 Å². The van der Waals surface area contributed by atoms with E-state index in [-0.39, 0.29) is 23.9 Å². The van der Waals surface area contributed by atoms with E-state index in [1.165, 1.54) is 0 Å². The van der Waals surface area contributed by atoms with E-state index in [1.807, 2.05) is 19.2 Å².